The fourth-order valence-corrected chi connectivity index (χ4v) is 3.03. The lowest BCUT2D eigenvalue weighted by atomic mass is 10.2. The number of carbonyl (C=O) groups is 1. The molecular formula is C16H12BrN5OS2. The maximum absolute atomic E-state index is 11.9. The number of hydrogen-bond acceptors (Lipinski definition) is 5. The van der Waals surface area contributed by atoms with Gasteiger partial charge in [-0.3, -0.25) is 4.79 Å². The highest BCUT2D eigenvalue weighted by Gasteiger charge is 2.09. The molecule has 2 aromatic carbocycles. The van der Waals surface area contributed by atoms with E-state index in [1.54, 1.807) is 17.5 Å². The van der Waals surface area contributed by atoms with Gasteiger partial charge in [0.25, 0.3) is 5.91 Å². The number of nitrogens with one attached hydrogen (secondary N) is 3. The number of aromatic nitrogens is 2. The first-order valence-corrected chi connectivity index (χ1v) is 9.16. The number of rotatable bonds is 4. The van der Waals surface area contributed by atoms with Crippen LogP contribution in [-0.4, -0.2) is 20.6 Å². The van der Waals surface area contributed by atoms with Gasteiger partial charge in [0.1, 0.15) is 0 Å². The van der Waals surface area contributed by atoms with E-state index in [9.17, 15) is 4.79 Å². The first-order valence-electron chi connectivity index (χ1n) is 7.12. The van der Waals surface area contributed by atoms with E-state index >= 15 is 0 Å². The van der Waals surface area contributed by atoms with Crippen LogP contribution in [0.5, 0.6) is 0 Å². The predicted molar refractivity (Wildman–Crippen MR) is 108 cm³/mol. The first-order chi connectivity index (χ1) is 12.1. The van der Waals surface area contributed by atoms with Gasteiger partial charge in [-0.2, -0.15) is 0 Å². The van der Waals surface area contributed by atoms with E-state index in [0.29, 0.717) is 16.5 Å². The van der Waals surface area contributed by atoms with E-state index in [1.807, 2.05) is 36.4 Å². The van der Waals surface area contributed by atoms with Crippen LogP contribution in [0.2, 0.25) is 0 Å². The summed E-state index contributed by atoms with van der Waals surface area (Å²) in [6.45, 7) is 0. The minimum absolute atomic E-state index is 0.290. The number of thiocarbonyl (C=S) groups is 1. The van der Waals surface area contributed by atoms with Crippen LogP contribution in [-0.2, 0) is 0 Å². The third-order valence-electron chi connectivity index (χ3n) is 3.08. The highest BCUT2D eigenvalue weighted by molar-refractivity contribution is 9.10. The molecule has 25 heavy (non-hydrogen) atoms. The van der Waals surface area contributed by atoms with Crippen molar-refractivity contribution in [3.63, 3.8) is 0 Å². The van der Waals surface area contributed by atoms with E-state index in [-0.39, 0.29) is 5.91 Å². The van der Waals surface area contributed by atoms with Crippen molar-refractivity contribution in [1.82, 2.24) is 9.59 Å². The molecular weight excluding hydrogens is 422 g/mol. The van der Waals surface area contributed by atoms with Crippen molar-refractivity contribution < 1.29 is 4.79 Å². The van der Waals surface area contributed by atoms with Gasteiger partial charge in [-0.25, -0.2) is 0 Å². The Balaban J connectivity index is 1.57. The fraction of sp³-hybridized carbons (Fsp3) is 0. The molecule has 0 radical (unpaired) electrons. The van der Waals surface area contributed by atoms with Crippen molar-refractivity contribution in [2.24, 2.45) is 0 Å². The maximum atomic E-state index is 11.9. The molecule has 1 heterocycles. The van der Waals surface area contributed by atoms with Crippen molar-refractivity contribution in [3.05, 3.63) is 64.1 Å². The van der Waals surface area contributed by atoms with Crippen LogP contribution in [0, 0.1) is 0 Å². The summed E-state index contributed by atoms with van der Waals surface area (Å²) in [7, 11) is 0. The van der Waals surface area contributed by atoms with Crippen LogP contribution >= 0.6 is 39.7 Å². The summed E-state index contributed by atoms with van der Waals surface area (Å²) in [5, 5.41) is 14.7. The molecule has 1 amide bonds. The highest BCUT2D eigenvalue weighted by Crippen LogP contribution is 2.17. The van der Waals surface area contributed by atoms with E-state index in [4.69, 9.17) is 12.2 Å². The minimum Gasteiger partial charge on any atom is -0.332 e. The average molecular weight is 434 g/mol. The molecule has 0 bridgehead atoms. The van der Waals surface area contributed by atoms with Gasteiger partial charge in [-0.1, -0.05) is 26.5 Å². The predicted octanol–water partition coefficient (Wildman–Crippen LogP) is 4.36. The van der Waals surface area contributed by atoms with Crippen LogP contribution in [0.3, 0.4) is 0 Å². The number of hydrogen-bond donors (Lipinski definition) is 3. The van der Waals surface area contributed by atoms with E-state index in [2.05, 4.69) is 41.5 Å². The molecule has 9 heteroatoms. The number of halogens is 1. The number of anilines is 3. The SMILES string of the molecule is O=C(Nc1ccc(NC(=S)Nc2cccc(Br)c2)cc1)c1csnn1. The second kappa shape index (κ2) is 8.15. The lowest BCUT2D eigenvalue weighted by Gasteiger charge is -2.11. The lowest BCUT2D eigenvalue weighted by Crippen LogP contribution is -2.19. The third kappa shape index (κ3) is 5.05. The Kier molecular flexibility index (Phi) is 5.69. The number of nitrogens with zero attached hydrogens (tertiary/aromatic N) is 2. The summed E-state index contributed by atoms with van der Waals surface area (Å²) < 4.78 is 4.64. The molecule has 0 aliphatic heterocycles. The summed E-state index contributed by atoms with van der Waals surface area (Å²) in [6, 6.07) is 14.9. The van der Waals surface area contributed by atoms with E-state index in [0.717, 1.165) is 27.4 Å². The summed E-state index contributed by atoms with van der Waals surface area (Å²) >= 11 is 9.84. The van der Waals surface area contributed by atoms with Gasteiger partial charge >= 0.3 is 0 Å². The standard InChI is InChI=1S/C16H12BrN5OS2/c17-10-2-1-3-13(8-10)20-16(24)19-12-6-4-11(5-7-12)18-15(23)14-9-25-22-21-14/h1-9H,(H,18,23)(H2,19,20,24). The van der Waals surface area contributed by atoms with Crippen molar-refractivity contribution in [3.8, 4) is 0 Å². The maximum Gasteiger partial charge on any atom is 0.277 e. The van der Waals surface area contributed by atoms with Gasteiger partial charge in [0.2, 0.25) is 0 Å². The Labute approximate surface area is 162 Å². The summed E-state index contributed by atoms with van der Waals surface area (Å²) in [6.07, 6.45) is 0. The van der Waals surface area contributed by atoms with Crippen molar-refractivity contribution >= 4 is 67.8 Å². The smallest absolute Gasteiger partial charge is 0.277 e. The van der Waals surface area contributed by atoms with Crippen LogP contribution in [0.4, 0.5) is 17.1 Å². The molecule has 3 N–H and O–H groups in total. The van der Waals surface area contributed by atoms with Crippen LogP contribution in [0.25, 0.3) is 0 Å². The van der Waals surface area contributed by atoms with Gasteiger partial charge in [-0.05, 0) is 66.2 Å². The zero-order valence-electron chi connectivity index (χ0n) is 12.7. The molecule has 1 aromatic heterocycles. The number of carbonyl (C=O) groups excluding carboxylic acids is 1. The summed E-state index contributed by atoms with van der Waals surface area (Å²) in [5.74, 6) is -0.290. The van der Waals surface area contributed by atoms with Gasteiger partial charge < -0.3 is 16.0 Å². The zero-order chi connectivity index (χ0) is 17.6. The van der Waals surface area contributed by atoms with Gasteiger partial charge in [0.05, 0.1) is 0 Å². The monoisotopic (exact) mass is 433 g/mol. The summed E-state index contributed by atoms with van der Waals surface area (Å²) in [5.41, 5.74) is 2.65. The van der Waals surface area contributed by atoms with Crippen LogP contribution in [0.1, 0.15) is 10.5 Å². The molecule has 0 spiro atoms. The molecule has 3 aromatic rings. The van der Waals surface area contributed by atoms with Crippen LogP contribution in [0.15, 0.2) is 58.4 Å². The van der Waals surface area contributed by atoms with E-state index < -0.39 is 0 Å². The summed E-state index contributed by atoms with van der Waals surface area (Å²) in [4.78, 5) is 11.9. The largest absolute Gasteiger partial charge is 0.332 e. The molecule has 0 fully saturated rings. The van der Waals surface area contributed by atoms with Crippen LogP contribution < -0.4 is 16.0 Å². The molecule has 0 aliphatic carbocycles. The second-order valence-electron chi connectivity index (χ2n) is 4.91. The highest BCUT2D eigenvalue weighted by atomic mass is 79.9. The lowest BCUT2D eigenvalue weighted by molar-refractivity contribution is 0.102. The van der Waals surface area contributed by atoms with Crippen molar-refractivity contribution in [2.45, 2.75) is 0 Å². The Morgan fingerprint density at radius 2 is 1.68 bits per heavy atom. The van der Waals surface area contributed by atoms with Gasteiger partial charge in [-0.15, -0.1) is 5.10 Å². The molecule has 0 unspecified atom stereocenters. The quantitative estimate of drug-likeness (QED) is 0.530. The first kappa shape index (κ1) is 17.5. The Hall–Kier alpha value is -2.36. The Bertz CT molecular complexity index is 884. The van der Waals surface area contributed by atoms with E-state index in [1.165, 1.54) is 0 Å². The van der Waals surface area contributed by atoms with Gasteiger partial charge in [0.15, 0.2) is 10.8 Å². The molecule has 0 saturated carbocycles. The fourth-order valence-electron chi connectivity index (χ4n) is 1.96. The molecule has 0 aliphatic rings. The van der Waals surface area contributed by atoms with Crippen molar-refractivity contribution in [1.29, 1.82) is 0 Å². The third-order valence-corrected chi connectivity index (χ3v) is 4.28. The number of benzene rings is 2. The minimum atomic E-state index is -0.290. The molecule has 0 atom stereocenters. The average Bonchev–Trinajstić information content (AvgIpc) is 3.11. The molecule has 126 valence electrons. The molecule has 0 saturated heterocycles. The Morgan fingerprint density at radius 3 is 2.32 bits per heavy atom. The van der Waals surface area contributed by atoms with Gasteiger partial charge in [0, 0.05) is 26.9 Å². The topological polar surface area (TPSA) is 78.9 Å². The van der Waals surface area contributed by atoms with Crippen molar-refractivity contribution in [2.75, 3.05) is 16.0 Å². The normalized spacial score (nSPS) is 10.1. The molecule has 3 rings (SSSR count). The number of amides is 1. The second-order valence-corrected chi connectivity index (χ2v) is 6.84. The zero-order valence-corrected chi connectivity index (χ0v) is 15.9. The Morgan fingerprint density at radius 1 is 1.00 bits per heavy atom. The molecule has 6 nitrogen and oxygen atoms in total.